The van der Waals surface area contributed by atoms with Crippen LogP contribution in [0.2, 0.25) is 0 Å². The first kappa shape index (κ1) is 10.2. The second kappa shape index (κ2) is 4.45. The van der Waals surface area contributed by atoms with E-state index in [9.17, 15) is 4.79 Å². The van der Waals surface area contributed by atoms with Gasteiger partial charge < -0.3 is 10.2 Å². The standard InChI is InChI=1S/C12H16N2O/c1-14(12(15)11-7-13-8-11)9-10-5-3-2-4-6-10/h2-6,11,13H,7-9H2,1H3. The molecule has 1 amide bonds. The summed E-state index contributed by atoms with van der Waals surface area (Å²) in [5.74, 6) is 0.441. The number of carbonyl (C=O) groups is 1. The predicted octanol–water partition coefficient (Wildman–Crippen LogP) is 0.864. The molecule has 0 aromatic heterocycles. The molecule has 3 heteroatoms. The Morgan fingerprint density at radius 3 is 2.60 bits per heavy atom. The number of hydrogen-bond acceptors (Lipinski definition) is 2. The van der Waals surface area contributed by atoms with Crippen LogP contribution in [-0.4, -0.2) is 30.9 Å². The van der Waals surface area contributed by atoms with Crippen molar-refractivity contribution in [2.45, 2.75) is 6.54 Å². The monoisotopic (exact) mass is 204 g/mol. The van der Waals surface area contributed by atoms with Crippen molar-refractivity contribution in [1.82, 2.24) is 10.2 Å². The lowest BCUT2D eigenvalue weighted by Gasteiger charge is -2.30. The summed E-state index contributed by atoms with van der Waals surface area (Å²) < 4.78 is 0. The Labute approximate surface area is 90.1 Å². The van der Waals surface area contributed by atoms with Gasteiger partial charge in [-0.05, 0) is 5.56 Å². The van der Waals surface area contributed by atoms with E-state index in [2.05, 4.69) is 5.32 Å². The number of carbonyl (C=O) groups excluding carboxylic acids is 1. The summed E-state index contributed by atoms with van der Waals surface area (Å²) in [5, 5.41) is 3.11. The van der Waals surface area contributed by atoms with Crippen molar-refractivity contribution in [2.75, 3.05) is 20.1 Å². The minimum atomic E-state index is 0.193. The fourth-order valence-corrected chi connectivity index (χ4v) is 1.71. The molecule has 0 aliphatic carbocycles. The van der Waals surface area contributed by atoms with Crippen molar-refractivity contribution in [3.8, 4) is 0 Å². The molecule has 3 nitrogen and oxygen atoms in total. The van der Waals surface area contributed by atoms with Gasteiger partial charge in [-0.2, -0.15) is 0 Å². The molecule has 1 aliphatic heterocycles. The molecule has 0 spiro atoms. The summed E-state index contributed by atoms with van der Waals surface area (Å²) in [6.45, 7) is 2.37. The van der Waals surface area contributed by atoms with Crippen LogP contribution in [0.5, 0.6) is 0 Å². The maximum Gasteiger partial charge on any atom is 0.228 e. The van der Waals surface area contributed by atoms with Crippen LogP contribution in [-0.2, 0) is 11.3 Å². The highest BCUT2D eigenvalue weighted by Crippen LogP contribution is 2.10. The Balaban J connectivity index is 1.91. The first-order chi connectivity index (χ1) is 7.27. The van der Waals surface area contributed by atoms with Gasteiger partial charge in [-0.15, -0.1) is 0 Å². The van der Waals surface area contributed by atoms with Gasteiger partial charge in [-0.1, -0.05) is 30.3 Å². The van der Waals surface area contributed by atoms with Gasteiger partial charge in [0.15, 0.2) is 0 Å². The Kier molecular flexibility index (Phi) is 3.02. The molecule has 1 heterocycles. The molecule has 0 radical (unpaired) electrons. The second-order valence-corrected chi connectivity index (χ2v) is 4.04. The second-order valence-electron chi connectivity index (χ2n) is 4.04. The van der Waals surface area contributed by atoms with Gasteiger partial charge in [-0.3, -0.25) is 4.79 Å². The number of rotatable bonds is 3. The van der Waals surface area contributed by atoms with Crippen molar-refractivity contribution >= 4 is 5.91 Å². The van der Waals surface area contributed by atoms with Crippen LogP contribution in [0.4, 0.5) is 0 Å². The van der Waals surface area contributed by atoms with Gasteiger partial charge >= 0.3 is 0 Å². The number of nitrogens with one attached hydrogen (secondary N) is 1. The molecular formula is C12H16N2O. The van der Waals surface area contributed by atoms with Crippen LogP contribution in [0.15, 0.2) is 30.3 Å². The summed E-state index contributed by atoms with van der Waals surface area (Å²) >= 11 is 0. The number of amides is 1. The van der Waals surface area contributed by atoms with Gasteiger partial charge in [0.05, 0.1) is 5.92 Å². The van der Waals surface area contributed by atoms with E-state index in [0.29, 0.717) is 6.54 Å². The lowest BCUT2D eigenvalue weighted by molar-refractivity contribution is -0.136. The number of benzene rings is 1. The molecule has 1 aliphatic rings. The minimum Gasteiger partial charge on any atom is -0.341 e. The maximum absolute atomic E-state index is 11.8. The van der Waals surface area contributed by atoms with Gasteiger partial charge in [0.2, 0.25) is 5.91 Å². The van der Waals surface area contributed by atoms with Crippen LogP contribution in [0.3, 0.4) is 0 Å². The Bertz CT molecular complexity index is 333. The van der Waals surface area contributed by atoms with Gasteiger partial charge in [-0.25, -0.2) is 0 Å². The molecule has 0 saturated carbocycles. The van der Waals surface area contributed by atoms with Crippen LogP contribution >= 0.6 is 0 Å². The third-order valence-electron chi connectivity index (χ3n) is 2.77. The fraction of sp³-hybridized carbons (Fsp3) is 0.417. The van der Waals surface area contributed by atoms with Crippen molar-refractivity contribution in [3.63, 3.8) is 0 Å². The number of nitrogens with zero attached hydrogens (tertiary/aromatic N) is 1. The first-order valence-corrected chi connectivity index (χ1v) is 5.27. The SMILES string of the molecule is CN(Cc1ccccc1)C(=O)C1CNC1. The van der Waals surface area contributed by atoms with E-state index < -0.39 is 0 Å². The van der Waals surface area contributed by atoms with Crippen LogP contribution in [0, 0.1) is 5.92 Å². The largest absolute Gasteiger partial charge is 0.341 e. The molecule has 1 aromatic carbocycles. The fourth-order valence-electron chi connectivity index (χ4n) is 1.71. The lowest BCUT2D eigenvalue weighted by atomic mass is 10.0. The third-order valence-corrected chi connectivity index (χ3v) is 2.77. The molecule has 0 bridgehead atoms. The van der Waals surface area contributed by atoms with Crippen molar-refractivity contribution in [1.29, 1.82) is 0 Å². The smallest absolute Gasteiger partial charge is 0.228 e. The first-order valence-electron chi connectivity index (χ1n) is 5.27. The van der Waals surface area contributed by atoms with Crippen LogP contribution < -0.4 is 5.32 Å². The van der Waals surface area contributed by atoms with E-state index in [1.165, 1.54) is 5.56 Å². The van der Waals surface area contributed by atoms with Gasteiger partial charge in [0.1, 0.15) is 0 Å². The zero-order chi connectivity index (χ0) is 10.7. The zero-order valence-electron chi connectivity index (χ0n) is 8.94. The molecule has 1 saturated heterocycles. The highest BCUT2D eigenvalue weighted by Gasteiger charge is 2.27. The summed E-state index contributed by atoms with van der Waals surface area (Å²) in [4.78, 5) is 13.6. The van der Waals surface area contributed by atoms with E-state index in [0.717, 1.165) is 13.1 Å². The topological polar surface area (TPSA) is 32.3 Å². The lowest BCUT2D eigenvalue weighted by Crippen LogP contribution is -2.50. The molecule has 1 N–H and O–H groups in total. The predicted molar refractivity (Wildman–Crippen MR) is 59.3 cm³/mol. The van der Waals surface area contributed by atoms with Crippen LogP contribution in [0.1, 0.15) is 5.56 Å². The minimum absolute atomic E-state index is 0.193. The zero-order valence-corrected chi connectivity index (χ0v) is 8.94. The quantitative estimate of drug-likeness (QED) is 0.792. The molecule has 0 atom stereocenters. The number of hydrogen-bond donors (Lipinski definition) is 1. The van der Waals surface area contributed by atoms with Crippen molar-refractivity contribution < 1.29 is 4.79 Å². The van der Waals surface area contributed by atoms with E-state index in [1.54, 1.807) is 4.90 Å². The van der Waals surface area contributed by atoms with E-state index in [1.807, 2.05) is 37.4 Å². The molecule has 15 heavy (non-hydrogen) atoms. The molecular weight excluding hydrogens is 188 g/mol. The Morgan fingerprint density at radius 1 is 1.40 bits per heavy atom. The molecule has 1 aromatic rings. The molecule has 2 rings (SSSR count). The van der Waals surface area contributed by atoms with E-state index in [4.69, 9.17) is 0 Å². The normalized spacial score (nSPS) is 15.8. The Morgan fingerprint density at radius 2 is 2.07 bits per heavy atom. The molecule has 80 valence electrons. The van der Waals surface area contributed by atoms with Crippen molar-refractivity contribution in [3.05, 3.63) is 35.9 Å². The molecule has 1 fully saturated rings. The highest BCUT2D eigenvalue weighted by atomic mass is 16.2. The summed E-state index contributed by atoms with van der Waals surface area (Å²) in [6, 6.07) is 10.1. The third kappa shape index (κ3) is 2.36. The van der Waals surface area contributed by atoms with Crippen LogP contribution in [0.25, 0.3) is 0 Å². The van der Waals surface area contributed by atoms with E-state index >= 15 is 0 Å². The average molecular weight is 204 g/mol. The van der Waals surface area contributed by atoms with E-state index in [-0.39, 0.29) is 11.8 Å². The summed E-state index contributed by atoms with van der Waals surface area (Å²) in [7, 11) is 1.87. The van der Waals surface area contributed by atoms with Crippen molar-refractivity contribution in [2.24, 2.45) is 5.92 Å². The molecule has 0 unspecified atom stereocenters. The maximum atomic E-state index is 11.8. The average Bonchev–Trinajstić information content (AvgIpc) is 2.16. The summed E-state index contributed by atoms with van der Waals surface area (Å²) in [6.07, 6.45) is 0. The Hall–Kier alpha value is -1.35. The highest BCUT2D eigenvalue weighted by molar-refractivity contribution is 5.79. The van der Waals surface area contributed by atoms with Gasteiger partial charge in [0, 0.05) is 26.7 Å². The summed E-state index contributed by atoms with van der Waals surface area (Å²) in [5.41, 5.74) is 1.18. The van der Waals surface area contributed by atoms with Gasteiger partial charge in [0.25, 0.3) is 0 Å².